The number of halogens is 1. The fourth-order valence-corrected chi connectivity index (χ4v) is 2.41. The fourth-order valence-electron chi connectivity index (χ4n) is 1.84. The van der Waals surface area contributed by atoms with Crippen LogP contribution in [0.3, 0.4) is 0 Å². The minimum Gasteiger partial charge on any atom is -0.475 e. The van der Waals surface area contributed by atoms with E-state index in [-0.39, 0.29) is 12.4 Å². The van der Waals surface area contributed by atoms with E-state index in [1.54, 1.807) is 0 Å². The molecule has 2 aromatic rings. The van der Waals surface area contributed by atoms with Gasteiger partial charge in [0.2, 0.25) is 5.76 Å². The van der Waals surface area contributed by atoms with Crippen molar-refractivity contribution in [3.05, 3.63) is 33.5 Å². The number of carboxylic acid groups (broad SMARTS) is 1. The first-order chi connectivity index (χ1) is 8.04. The summed E-state index contributed by atoms with van der Waals surface area (Å²) >= 11 is 3.38. The molecule has 0 bridgehead atoms. The Hall–Kier alpha value is -1.33. The lowest BCUT2D eigenvalue weighted by Crippen LogP contribution is -1.99. The Bertz CT molecular complexity index is 586. The number of rotatable bonds is 3. The van der Waals surface area contributed by atoms with E-state index in [1.807, 2.05) is 19.1 Å². The SMILES string of the molecule is COCc1c(C(=O)O)oc2c(C)cc(Br)cc12. The van der Waals surface area contributed by atoms with Gasteiger partial charge in [-0.3, -0.25) is 0 Å². The smallest absolute Gasteiger partial charge is 0.372 e. The van der Waals surface area contributed by atoms with Crippen LogP contribution in [0.5, 0.6) is 0 Å². The molecule has 1 N–H and O–H groups in total. The molecule has 0 radical (unpaired) electrons. The van der Waals surface area contributed by atoms with E-state index in [2.05, 4.69) is 15.9 Å². The zero-order chi connectivity index (χ0) is 12.6. The van der Waals surface area contributed by atoms with Crippen molar-refractivity contribution in [3.8, 4) is 0 Å². The average molecular weight is 299 g/mol. The van der Waals surface area contributed by atoms with E-state index in [1.165, 1.54) is 7.11 Å². The molecule has 1 heterocycles. The number of hydrogen-bond acceptors (Lipinski definition) is 3. The maximum Gasteiger partial charge on any atom is 0.372 e. The molecule has 0 saturated carbocycles. The van der Waals surface area contributed by atoms with Crippen molar-refractivity contribution in [2.24, 2.45) is 0 Å². The largest absolute Gasteiger partial charge is 0.475 e. The highest BCUT2D eigenvalue weighted by molar-refractivity contribution is 9.10. The van der Waals surface area contributed by atoms with Crippen molar-refractivity contribution in [2.75, 3.05) is 7.11 Å². The van der Waals surface area contributed by atoms with E-state index in [4.69, 9.17) is 14.3 Å². The second-order valence-electron chi connectivity index (χ2n) is 3.75. The molecule has 0 amide bonds. The summed E-state index contributed by atoms with van der Waals surface area (Å²) < 4.78 is 11.3. The van der Waals surface area contributed by atoms with Crippen LogP contribution in [0.15, 0.2) is 21.0 Å². The Morgan fingerprint density at radius 1 is 1.53 bits per heavy atom. The number of aryl methyl sites for hydroxylation is 1. The van der Waals surface area contributed by atoms with Gasteiger partial charge in [0, 0.05) is 22.5 Å². The first kappa shape index (κ1) is 12.1. The van der Waals surface area contributed by atoms with Crippen molar-refractivity contribution >= 4 is 32.9 Å². The summed E-state index contributed by atoms with van der Waals surface area (Å²) in [5, 5.41) is 9.87. The van der Waals surface area contributed by atoms with Crippen LogP contribution in [0.2, 0.25) is 0 Å². The molecule has 0 aliphatic carbocycles. The van der Waals surface area contributed by atoms with Gasteiger partial charge in [0.25, 0.3) is 0 Å². The molecule has 2 rings (SSSR count). The van der Waals surface area contributed by atoms with Gasteiger partial charge in [-0.05, 0) is 24.6 Å². The van der Waals surface area contributed by atoms with Crippen LogP contribution in [0.25, 0.3) is 11.0 Å². The van der Waals surface area contributed by atoms with Gasteiger partial charge in [-0.1, -0.05) is 15.9 Å². The van der Waals surface area contributed by atoms with Gasteiger partial charge < -0.3 is 14.3 Å². The summed E-state index contributed by atoms with van der Waals surface area (Å²) in [4.78, 5) is 11.1. The van der Waals surface area contributed by atoms with Crippen LogP contribution >= 0.6 is 15.9 Å². The Morgan fingerprint density at radius 3 is 2.82 bits per heavy atom. The molecule has 1 aromatic carbocycles. The molecule has 0 fully saturated rings. The third kappa shape index (κ3) is 2.08. The highest BCUT2D eigenvalue weighted by atomic mass is 79.9. The van der Waals surface area contributed by atoms with Crippen LogP contribution in [0.1, 0.15) is 21.7 Å². The number of methoxy groups -OCH3 is 1. The van der Waals surface area contributed by atoms with Crippen molar-refractivity contribution in [1.82, 2.24) is 0 Å². The maximum atomic E-state index is 11.1. The van der Waals surface area contributed by atoms with E-state index in [0.717, 1.165) is 15.4 Å². The predicted octanol–water partition coefficient (Wildman–Crippen LogP) is 3.35. The lowest BCUT2D eigenvalue weighted by atomic mass is 10.1. The molecule has 17 heavy (non-hydrogen) atoms. The summed E-state index contributed by atoms with van der Waals surface area (Å²) in [5.74, 6) is -1.13. The Balaban J connectivity index is 2.79. The lowest BCUT2D eigenvalue weighted by molar-refractivity contribution is 0.0658. The van der Waals surface area contributed by atoms with Gasteiger partial charge in [0.1, 0.15) is 5.58 Å². The number of benzene rings is 1. The van der Waals surface area contributed by atoms with Crippen molar-refractivity contribution < 1.29 is 19.1 Å². The van der Waals surface area contributed by atoms with Crippen LogP contribution in [-0.4, -0.2) is 18.2 Å². The molecule has 1 aromatic heterocycles. The van der Waals surface area contributed by atoms with E-state index in [0.29, 0.717) is 11.1 Å². The third-order valence-corrected chi connectivity index (χ3v) is 2.98. The van der Waals surface area contributed by atoms with Gasteiger partial charge in [0.05, 0.1) is 6.61 Å². The molecule has 5 heteroatoms. The Labute approximate surface area is 106 Å². The van der Waals surface area contributed by atoms with Crippen LogP contribution in [0, 0.1) is 6.92 Å². The van der Waals surface area contributed by atoms with Crippen molar-refractivity contribution in [1.29, 1.82) is 0 Å². The number of fused-ring (bicyclic) bond motifs is 1. The van der Waals surface area contributed by atoms with Crippen LogP contribution in [-0.2, 0) is 11.3 Å². The second-order valence-corrected chi connectivity index (χ2v) is 4.66. The molecular formula is C12H11BrO4. The van der Waals surface area contributed by atoms with E-state index < -0.39 is 5.97 Å². The van der Waals surface area contributed by atoms with Gasteiger partial charge in [-0.15, -0.1) is 0 Å². The van der Waals surface area contributed by atoms with Gasteiger partial charge >= 0.3 is 5.97 Å². The first-order valence-electron chi connectivity index (χ1n) is 4.98. The molecule has 4 nitrogen and oxygen atoms in total. The molecule has 0 saturated heterocycles. The van der Waals surface area contributed by atoms with E-state index in [9.17, 15) is 4.79 Å². The molecule has 0 aliphatic rings. The number of aromatic carboxylic acids is 1. The summed E-state index contributed by atoms with van der Waals surface area (Å²) in [6, 6.07) is 3.72. The number of ether oxygens (including phenoxy) is 1. The van der Waals surface area contributed by atoms with Gasteiger partial charge in [-0.2, -0.15) is 0 Å². The first-order valence-corrected chi connectivity index (χ1v) is 5.77. The Morgan fingerprint density at radius 2 is 2.24 bits per heavy atom. The standard InChI is InChI=1S/C12H11BrO4/c1-6-3-7(13)4-8-9(5-16-2)11(12(14)15)17-10(6)8/h3-4H,5H2,1-2H3,(H,14,15). The molecule has 0 aliphatic heterocycles. The zero-order valence-corrected chi connectivity index (χ0v) is 11.0. The average Bonchev–Trinajstić information content (AvgIpc) is 2.58. The van der Waals surface area contributed by atoms with Crippen molar-refractivity contribution in [2.45, 2.75) is 13.5 Å². The summed E-state index contributed by atoms with van der Waals surface area (Å²) in [7, 11) is 1.52. The topological polar surface area (TPSA) is 59.7 Å². The highest BCUT2D eigenvalue weighted by Gasteiger charge is 2.21. The number of furan rings is 1. The van der Waals surface area contributed by atoms with E-state index >= 15 is 0 Å². The molecule has 90 valence electrons. The minimum absolute atomic E-state index is 0.0527. The number of carboxylic acids is 1. The number of carbonyl (C=O) groups is 1. The van der Waals surface area contributed by atoms with Gasteiger partial charge in [0.15, 0.2) is 0 Å². The minimum atomic E-state index is -1.08. The molecule has 0 atom stereocenters. The maximum absolute atomic E-state index is 11.1. The van der Waals surface area contributed by atoms with Gasteiger partial charge in [-0.25, -0.2) is 4.79 Å². The van der Waals surface area contributed by atoms with Crippen LogP contribution < -0.4 is 0 Å². The summed E-state index contributed by atoms with van der Waals surface area (Å²) in [6.07, 6.45) is 0. The summed E-state index contributed by atoms with van der Waals surface area (Å²) in [6.45, 7) is 2.09. The Kier molecular flexibility index (Phi) is 3.22. The number of hydrogen-bond donors (Lipinski definition) is 1. The molecule has 0 spiro atoms. The zero-order valence-electron chi connectivity index (χ0n) is 9.41. The third-order valence-electron chi connectivity index (χ3n) is 2.53. The molecular weight excluding hydrogens is 288 g/mol. The summed E-state index contributed by atoms with van der Waals surface area (Å²) in [5.41, 5.74) is 2.05. The monoisotopic (exact) mass is 298 g/mol. The fraction of sp³-hybridized carbons (Fsp3) is 0.250. The quantitative estimate of drug-likeness (QED) is 0.944. The predicted molar refractivity (Wildman–Crippen MR) is 66.3 cm³/mol. The van der Waals surface area contributed by atoms with Crippen molar-refractivity contribution in [3.63, 3.8) is 0 Å². The second kappa shape index (κ2) is 4.50. The highest BCUT2D eigenvalue weighted by Crippen LogP contribution is 2.31. The molecule has 0 unspecified atom stereocenters. The van der Waals surface area contributed by atoms with Crippen LogP contribution in [0.4, 0.5) is 0 Å². The lowest BCUT2D eigenvalue weighted by Gasteiger charge is -1.99. The normalized spacial score (nSPS) is 11.0.